The summed E-state index contributed by atoms with van der Waals surface area (Å²) in [5.74, 6) is 0.351. The summed E-state index contributed by atoms with van der Waals surface area (Å²) < 4.78 is 5.67. The van der Waals surface area contributed by atoms with Crippen LogP contribution in [0.15, 0.2) is 24.3 Å². The summed E-state index contributed by atoms with van der Waals surface area (Å²) in [4.78, 5) is 15.6. The summed E-state index contributed by atoms with van der Waals surface area (Å²) in [5, 5.41) is 8.95. The molecule has 116 valence electrons. The fourth-order valence-electron chi connectivity index (χ4n) is 2.91. The molecule has 0 aromatic heterocycles. The van der Waals surface area contributed by atoms with Crippen LogP contribution in [0.4, 0.5) is 0 Å². The second-order valence-corrected chi connectivity index (χ2v) is 5.95. The molecule has 1 aromatic rings. The number of carbonyl (C=O) groups is 1. The van der Waals surface area contributed by atoms with E-state index in [-0.39, 0.29) is 5.56 Å². The minimum Gasteiger partial charge on any atom is -0.492 e. The van der Waals surface area contributed by atoms with Gasteiger partial charge >= 0.3 is 5.97 Å². The first-order valence-corrected chi connectivity index (χ1v) is 7.32. The second-order valence-electron chi connectivity index (χ2n) is 5.95. The summed E-state index contributed by atoms with van der Waals surface area (Å²) in [6, 6.07) is 7.23. The van der Waals surface area contributed by atoms with Crippen molar-refractivity contribution in [2.45, 2.75) is 13.0 Å². The van der Waals surface area contributed by atoms with Crippen molar-refractivity contribution in [3.8, 4) is 5.75 Å². The van der Waals surface area contributed by atoms with Crippen LogP contribution in [0.25, 0.3) is 0 Å². The maximum Gasteiger partial charge on any atom is 0.335 e. The van der Waals surface area contributed by atoms with Gasteiger partial charge in [0.1, 0.15) is 12.4 Å². The van der Waals surface area contributed by atoms with E-state index in [0.717, 1.165) is 19.6 Å². The first-order valence-electron chi connectivity index (χ1n) is 7.32. The lowest BCUT2D eigenvalue weighted by atomic mass is 10.1. The van der Waals surface area contributed by atoms with Crippen LogP contribution in [0.2, 0.25) is 0 Å². The van der Waals surface area contributed by atoms with Gasteiger partial charge in [-0.05, 0) is 38.2 Å². The minimum atomic E-state index is -0.928. The Kier molecular flexibility index (Phi) is 5.20. The van der Waals surface area contributed by atoms with Crippen LogP contribution in [-0.2, 0) is 0 Å². The van der Waals surface area contributed by atoms with Crippen LogP contribution in [0, 0.1) is 5.92 Å². The molecule has 2 rings (SSSR count). The van der Waals surface area contributed by atoms with Crippen molar-refractivity contribution < 1.29 is 14.6 Å². The van der Waals surface area contributed by atoms with E-state index in [0.29, 0.717) is 24.3 Å². The van der Waals surface area contributed by atoms with Crippen LogP contribution >= 0.6 is 0 Å². The lowest BCUT2D eigenvalue weighted by Gasteiger charge is -2.22. The third-order valence-corrected chi connectivity index (χ3v) is 4.07. The minimum absolute atomic E-state index is 0.259. The quantitative estimate of drug-likeness (QED) is 0.864. The lowest BCUT2D eigenvalue weighted by molar-refractivity contribution is 0.0696. The molecular formula is C16H24N2O3. The molecule has 1 heterocycles. The largest absolute Gasteiger partial charge is 0.492 e. The Hall–Kier alpha value is -1.59. The molecule has 1 aromatic carbocycles. The molecule has 2 unspecified atom stereocenters. The van der Waals surface area contributed by atoms with E-state index >= 15 is 0 Å². The van der Waals surface area contributed by atoms with Gasteiger partial charge in [0.05, 0.1) is 5.56 Å². The molecule has 0 saturated carbocycles. The van der Waals surface area contributed by atoms with Crippen LogP contribution in [-0.4, -0.2) is 67.3 Å². The van der Waals surface area contributed by atoms with Crippen molar-refractivity contribution in [3.05, 3.63) is 29.8 Å². The van der Waals surface area contributed by atoms with E-state index in [1.807, 2.05) is 0 Å². The van der Waals surface area contributed by atoms with Gasteiger partial charge in [0.15, 0.2) is 0 Å². The van der Waals surface area contributed by atoms with Crippen molar-refractivity contribution >= 4 is 5.97 Å². The van der Waals surface area contributed by atoms with E-state index in [2.05, 4.69) is 30.8 Å². The highest BCUT2D eigenvalue weighted by Crippen LogP contribution is 2.20. The van der Waals surface area contributed by atoms with Crippen molar-refractivity contribution in [2.24, 2.45) is 5.92 Å². The number of carboxylic acids is 1. The van der Waals surface area contributed by atoms with E-state index in [1.54, 1.807) is 24.3 Å². The summed E-state index contributed by atoms with van der Waals surface area (Å²) >= 11 is 0. The number of carboxylic acid groups (broad SMARTS) is 1. The summed E-state index contributed by atoms with van der Waals surface area (Å²) in [6.07, 6.45) is 0. The molecular weight excluding hydrogens is 268 g/mol. The van der Waals surface area contributed by atoms with Crippen LogP contribution in [0.3, 0.4) is 0 Å². The first kappa shape index (κ1) is 15.8. The maximum absolute atomic E-state index is 10.9. The van der Waals surface area contributed by atoms with Crippen LogP contribution in [0.1, 0.15) is 17.3 Å². The zero-order valence-electron chi connectivity index (χ0n) is 13.0. The Balaban J connectivity index is 1.80. The van der Waals surface area contributed by atoms with E-state index in [4.69, 9.17) is 9.84 Å². The number of aromatic carboxylic acids is 1. The van der Waals surface area contributed by atoms with Gasteiger partial charge in [-0.3, -0.25) is 4.90 Å². The molecule has 1 N–H and O–H groups in total. The van der Waals surface area contributed by atoms with Gasteiger partial charge in [-0.15, -0.1) is 0 Å². The zero-order chi connectivity index (χ0) is 15.4. The predicted octanol–water partition coefficient (Wildman–Crippen LogP) is 1.65. The molecule has 0 spiro atoms. The summed E-state index contributed by atoms with van der Waals surface area (Å²) in [5.41, 5.74) is 0.259. The third kappa shape index (κ3) is 4.19. The Morgan fingerprint density at radius 3 is 2.81 bits per heavy atom. The molecule has 2 atom stereocenters. The van der Waals surface area contributed by atoms with Crippen molar-refractivity contribution in [1.82, 2.24) is 9.80 Å². The molecule has 0 aliphatic carbocycles. The standard InChI is InChI=1S/C16H24N2O3/c1-12-10-18(11-15(12)17(2)3)7-8-21-14-6-4-5-13(9-14)16(19)20/h4-6,9,12,15H,7-8,10-11H2,1-3H3,(H,19,20). The first-order chi connectivity index (χ1) is 9.97. The van der Waals surface area contributed by atoms with Crippen molar-refractivity contribution in [1.29, 1.82) is 0 Å². The Bertz CT molecular complexity index is 490. The van der Waals surface area contributed by atoms with Gasteiger partial charge in [-0.1, -0.05) is 13.0 Å². The van der Waals surface area contributed by atoms with E-state index < -0.39 is 5.97 Å². The van der Waals surface area contributed by atoms with Crippen molar-refractivity contribution in [2.75, 3.05) is 40.3 Å². The number of rotatable bonds is 6. The fraction of sp³-hybridized carbons (Fsp3) is 0.562. The monoisotopic (exact) mass is 292 g/mol. The smallest absolute Gasteiger partial charge is 0.335 e. The molecule has 1 aliphatic rings. The maximum atomic E-state index is 10.9. The van der Waals surface area contributed by atoms with Gasteiger partial charge in [0.25, 0.3) is 0 Å². The number of hydrogen-bond acceptors (Lipinski definition) is 4. The molecule has 1 fully saturated rings. The molecule has 1 aliphatic heterocycles. The number of benzene rings is 1. The van der Waals surface area contributed by atoms with Gasteiger partial charge in [-0.25, -0.2) is 4.79 Å². The molecule has 0 radical (unpaired) electrons. The highest BCUT2D eigenvalue weighted by Gasteiger charge is 2.30. The number of nitrogens with zero attached hydrogens (tertiary/aromatic N) is 2. The lowest BCUT2D eigenvalue weighted by Crippen LogP contribution is -2.35. The summed E-state index contributed by atoms with van der Waals surface area (Å²) in [7, 11) is 4.25. The predicted molar refractivity (Wildman–Crippen MR) is 82.0 cm³/mol. The summed E-state index contributed by atoms with van der Waals surface area (Å²) in [6.45, 7) is 5.87. The molecule has 0 amide bonds. The Labute approximate surface area is 126 Å². The average Bonchev–Trinajstić information content (AvgIpc) is 2.80. The molecule has 1 saturated heterocycles. The normalized spacial score (nSPS) is 22.7. The number of likely N-dealkylation sites (tertiary alicyclic amines) is 1. The van der Waals surface area contributed by atoms with Gasteiger partial charge in [0.2, 0.25) is 0 Å². The molecule has 5 heteroatoms. The fourth-order valence-corrected chi connectivity index (χ4v) is 2.91. The molecule has 5 nitrogen and oxygen atoms in total. The average molecular weight is 292 g/mol. The van der Waals surface area contributed by atoms with E-state index in [1.165, 1.54) is 0 Å². The van der Waals surface area contributed by atoms with Gasteiger partial charge in [0, 0.05) is 25.7 Å². The number of hydrogen-bond donors (Lipinski definition) is 1. The van der Waals surface area contributed by atoms with Gasteiger partial charge < -0.3 is 14.7 Å². The zero-order valence-corrected chi connectivity index (χ0v) is 13.0. The molecule has 21 heavy (non-hydrogen) atoms. The van der Waals surface area contributed by atoms with Crippen LogP contribution in [0.5, 0.6) is 5.75 Å². The van der Waals surface area contributed by atoms with Crippen LogP contribution < -0.4 is 4.74 Å². The topological polar surface area (TPSA) is 53.0 Å². The Morgan fingerprint density at radius 1 is 1.43 bits per heavy atom. The van der Waals surface area contributed by atoms with Gasteiger partial charge in [-0.2, -0.15) is 0 Å². The second kappa shape index (κ2) is 6.91. The highest BCUT2D eigenvalue weighted by molar-refractivity contribution is 5.87. The van der Waals surface area contributed by atoms with E-state index in [9.17, 15) is 4.79 Å². The number of likely N-dealkylation sites (N-methyl/N-ethyl adjacent to an activating group) is 1. The van der Waals surface area contributed by atoms with Crippen molar-refractivity contribution in [3.63, 3.8) is 0 Å². The Morgan fingerprint density at radius 2 is 2.19 bits per heavy atom. The molecule has 0 bridgehead atoms. The number of ether oxygens (including phenoxy) is 1. The third-order valence-electron chi connectivity index (χ3n) is 4.07. The SMILES string of the molecule is CC1CN(CCOc2cccc(C(=O)O)c2)CC1N(C)C. The highest BCUT2D eigenvalue weighted by atomic mass is 16.5.